The van der Waals surface area contributed by atoms with Crippen molar-refractivity contribution in [3.8, 4) is 0 Å². The highest BCUT2D eigenvalue weighted by Gasteiger charge is 2.34. The Bertz CT molecular complexity index is 393. The first kappa shape index (κ1) is 12.6. The molecule has 0 atom stereocenters. The van der Waals surface area contributed by atoms with Crippen molar-refractivity contribution in [1.29, 1.82) is 0 Å². The fourth-order valence-corrected chi connectivity index (χ4v) is 1.56. The summed E-state index contributed by atoms with van der Waals surface area (Å²) < 4.78 is 5.10. The Labute approximate surface area is 102 Å². The zero-order valence-electron chi connectivity index (χ0n) is 7.94. The van der Waals surface area contributed by atoms with Crippen LogP contribution in [0.2, 0.25) is 0 Å². The van der Waals surface area contributed by atoms with E-state index >= 15 is 0 Å². The third-order valence-electron chi connectivity index (χ3n) is 1.55. The van der Waals surface area contributed by atoms with Crippen LogP contribution in [0.5, 0.6) is 0 Å². The molecule has 0 fully saturated rings. The lowest BCUT2D eigenvalue weighted by Gasteiger charge is -2.17. The number of hydrogen-bond donors (Lipinski definition) is 0. The largest absolute Gasteiger partial charge is 0.485 e. The van der Waals surface area contributed by atoms with Crippen molar-refractivity contribution in [2.45, 2.75) is 20.0 Å². The Kier molecular flexibility index (Phi) is 3.82. The fourth-order valence-electron chi connectivity index (χ4n) is 0.939. The van der Waals surface area contributed by atoms with E-state index in [0.29, 0.717) is 0 Å². The van der Waals surface area contributed by atoms with Crippen LogP contribution in [-0.2, 0) is 14.3 Å². The van der Waals surface area contributed by atoms with Gasteiger partial charge in [0.15, 0.2) is 5.76 Å². The van der Waals surface area contributed by atoms with Crippen molar-refractivity contribution < 1.29 is 14.3 Å². The molecule has 0 aromatic rings. The van der Waals surface area contributed by atoms with E-state index in [0.717, 1.165) is 0 Å². The number of carbonyl (C=O) groups is 2. The Hall–Kier alpha value is -0.510. The van der Waals surface area contributed by atoms with Crippen molar-refractivity contribution in [1.82, 2.24) is 0 Å². The van der Waals surface area contributed by atoms with Crippen LogP contribution in [-0.4, -0.2) is 17.7 Å². The molecule has 1 rings (SSSR count). The number of hydrogen-bond acceptors (Lipinski definition) is 3. The second-order valence-electron chi connectivity index (χ2n) is 3.10. The summed E-state index contributed by atoms with van der Waals surface area (Å²) >= 11 is 16.7. The van der Waals surface area contributed by atoms with Gasteiger partial charge >= 0.3 is 0 Å². The quantitative estimate of drug-likeness (QED) is 0.724. The lowest BCUT2D eigenvalue weighted by atomic mass is 10.1. The molecule has 0 saturated carbocycles. The normalized spacial score (nSPS) is 18.0. The molecule has 0 aromatic heterocycles. The van der Waals surface area contributed by atoms with Crippen LogP contribution in [0.25, 0.3) is 0 Å². The maximum atomic E-state index is 11.5. The highest BCUT2D eigenvalue weighted by Crippen LogP contribution is 2.32. The average molecular weight is 270 g/mol. The zero-order valence-corrected chi connectivity index (χ0v) is 10.2. The van der Waals surface area contributed by atoms with Gasteiger partial charge in [-0.05, 0) is 13.8 Å². The van der Waals surface area contributed by atoms with Crippen LogP contribution >= 0.6 is 34.8 Å². The van der Waals surface area contributed by atoms with E-state index in [1.807, 2.05) is 0 Å². The van der Waals surface area contributed by atoms with E-state index in [2.05, 4.69) is 0 Å². The number of Topliss-reactive ketones (excluding diaryl/α,β-unsaturated/α-hetero) is 2. The smallest absolute Gasteiger partial charge is 0.242 e. The molecule has 1 aliphatic rings. The van der Waals surface area contributed by atoms with Crippen LogP contribution in [0, 0.1) is 0 Å². The lowest BCUT2D eigenvalue weighted by Crippen LogP contribution is -2.21. The molecule has 6 heteroatoms. The van der Waals surface area contributed by atoms with Crippen LogP contribution in [0.3, 0.4) is 0 Å². The Morgan fingerprint density at radius 2 is 1.40 bits per heavy atom. The van der Waals surface area contributed by atoms with E-state index < -0.39 is 11.6 Å². The summed E-state index contributed by atoms with van der Waals surface area (Å²) in [5, 5.41) is -1.06. The summed E-state index contributed by atoms with van der Waals surface area (Å²) in [7, 11) is 0. The highest BCUT2D eigenvalue weighted by molar-refractivity contribution is 6.64. The second-order valence-corrected chi connectivity index (χ2v) is 4.23. The van der Waals surface area contributed by atoms with Crippen molar-refractivity contribution in [3.05, 3.63) is 20.9 Å². The van der Waals surface area contributed by atoms with Gasteiger partial charge in [-0.25, -0.2) is 0 Å². The summed E-state index contributed by atoms with van der Waals surface area (Å²) in [5.74, 6) is -1.61. The fraction of sp³-hybridized carbons (Fsp3) is 0.333. The molecular formula is C9H7Cl3O3. The van der Waals surface area contributed by atoms with Gasteiger partial charge in [-0.1, -0.05) is 34.8 Å². The molecule has 0 unspecified atom stereocenters. The van der Waals surface area contributed by atoms with Crippen molar-refractivity contribution >= 4 is 46.4 Å². The molecule has 0 aliphatic heterocycles. The molecule has 0 saturated heterocycles. The molecule has 0 N–H and O–H groups in total. The highest BCUT2D eigenvalue weighted by atomic mass is 35.5. The SMILES string of the molecule is CC(C)OC1=C(Cl)C(=O)C(Cl)=C(Cl)C1=O. The number of halogens is 3. The summed E-state index contributed by atoms with van der Waals surface area (Å²) in [4.78, 5) is 22.9. The molecule has 0 heterocycles. The molecule has 15 heavy (non-hydrogen) atoms. The maximum Gasteiger partial charge on any atom is 0.242 e. The second kappa shape index (κ2) is 4.56. The maximum absolute atomic E-state index is 11.5. The summed E-state index contributed by atoms with van der Waals surface area (Å²) in [5.41, 5.74) is 0. The van der Waals surface area contributed by atoms with E-state index in [4.69, 9.17) is 39.5 Å². The van der Waals surface area contributed by atoms with E-state index in [-0.39, 0.29) is 27.0 Å². The van der Waals surface area contributed by atoms with Crippen molar-refractivity contribution in [2.24, 2.45) is 0 Å². The first-order valence-corrected chi connectivity index (χ1v) is 5.20. The Morgan fingerprint density at radius 3 is 1.87 bits per heavy atom. The first-order valence-electron chi connectivity index (χ1n) is 4.07. The lowest BCUT2D eigenvalue weighted by molar-refractivity contribution is -0.118. The molecule has 0 spiro atoms. The Balaban J connectivity index is 3.17. The van der Waals surface area contributed by atoms with E-state index in [1.165, 1.54) is 0 Å². The molecule has 82 valence electrons. The minimum atomic E-state index is -0.696. The van der Waals surface area contributed by atoms with Crippen molar-refractivity contribution in [3.63, 3.8) is 0 Å². The van der Waals surface area contributed by atoms with E-state index in [9.17, 15) is 9.59 Å². The number of rotatable bonds is 2. The van der Waals surface area contributed by atoms with Crippen LogP contribution in [0.1, 0.15) is 13.8 Å². The minimum Gasteiger partial charge on any atom is -0.485 e. The molecule has 0 amide bonds. The van der Waals surface area contributed by atoms with Crippen LogP contribution in [0.4, 0.5) is 0 Å². The summed E-state index contributed by atoms with van der Waals surface area (Å²) in [6, 6.07) is 0. The van der Waals surface area contributed by atoms with Gasteiger partial charge in [0.1, 0.15) is 15.1 Å². The first-order chi connectivity index (χ1) is 6.86. The van der Waals surface area contributed by atoms with Crippen LogP contribution < -0.4 is 0 Å². The summed E-state index contributed by atoms with van der Waals surface area (Å²) in [6.07, 6.45) is -0.285. The number of ketones is 2. The van der Waals surface area contributed by atoms with Gasteiger partial charge < -0.3 is 4.74 Å². The predicted molar refractivity (Wildman–Crippen MR) is 57.8 cm³/mol. The third-order valence-corrected chi connectivity index (χ3v) is 2.71. The molecule has 0 radical (unpaired) electrons. The average Bonchev–Trinajstić information content (AvgIpc) is 2.18. The molecule has 0 bridgehead atoms. The van der Waals surface area contributed by atoms with Gasteiger partial charge in [-0.3, -0.25) is 9.59 Å². The zero-order chi connectivity index (χ0) is 11.7. The van der Waals surface area contributed by atoms with Gasteiger partial charge in [0.2, 0.25) is 11.6 Å². The number of ether oxygens (including phenoxy) is 1. The van der Waals surface area contributed by atoms with Gasteiger partial charge in [0.25, 0.3) is 0 Å². The molecule has 3 nitrogen and oxygen atoms in total. The molecular weight excluding hydrogens is 262 g/mol. The monoisotopic (exact) mass is 268 g/mol. The number of carbonyl (C=O) groups excluding carboxylic acids is 2. The van der Waals surface area contributed by atoms with Gasteiger partial charge in [-0.15, -0.1) is 0 Å². The number of allylic oxidation sites excluding steroid dienone is 3. The van der Waals surface area contributed by atoms with Crippen LogP contribution in [0.15, 0.2) is 20.9 Å². The third kappa shape index (κ3) is 2.36. The van der Waals surface area contributed by atoms with E-state index in [1.54, 1.807) is 13.8 Å². The molecule has 0 aromatic carbocycles. The van der Waals surface area contributed by atoms with Crippen molar-refractivity contribution in [2.75, 3.05) is 0 Å². The Morgan fingerprint density at radius 1 is 0.933 bits per heavy atom. The summed E-state index contributed by atoms with van der Waals surface area (Å²) in [6.45, 7) is 3.39. The van der Waals surface area contributed by atoms with Gasteiger partial charge in [0.05, 0.1) is 6.10 Å². The topological polar surface area (TPSA) is 43.4 Å². The van der Waals surface area contributed by atoms with Gasteiger partial charge in [-0.2, -0.15) is 0 Å². The van der Waals surface area contributed by atoms with Gasteiger partial charge in [0, 0.05) is 0 Å². The molecule has 1 aliphatic carbocycles. The predicted octanol–water partition coefficient (Wildman–Crippen LogP) is 2.70. The standard InChI is InChI=1S/C9H7Cl3O3/c1-3(2)15-9-6(12)7(13)4(10)5(11)8(9)14/h3H,1-2H3. The minimum absolute atomic E-state index is 0.244.